The van der Waals surface area contributed by atoms with Crippen LogP contribution in [0.5, 0.6) is 0 Å². The Morgan fingerprint density at radius 2 is 1.77 bits per heavy atom. The Hall–Kier alpha value is -1.19. The number of hydrogen-bond acceptors (Lipinski definition) is 3. The minimum absolute atomic E-state index is 0.0652. The van der Waals surface area contributed by atoms with Crippen LogP contribution >= 0.6 is 0 Å². The highest BCUT2D eigenvalue weighted by molar-refractivity contribution is 5.87. The maximum absolute atomic E-state index is 12.1. The van der Waals surface area contributed by atoms with Crippen molar-refractivity contribution < 1.29 is 9.53 Å². The van der Waals surface area contributed by atoms with Gasteiger partial charge in [-0.1, -0.05) is 57.5 Å². The number of hydrogen-bond donors (Lipinski definition) is 1. The van der Waals surface area contributed by atoms with E-state index in [1.807, 2.05) is 45.9 Å². The highest BCUT2D eigenvalue weighted by atomic mass is 16.5. The van der Waals surface area contributed by atoms with Crippen LogP contribution in [0.3, 0.4) is 0 Å². The van der Waals surface area contributed by atoms with Gasteiger partial charge < -0.3 is 10.5 Å². The van der Waals surface area contributed by atoms with Crippen molar-refractivity contribution in [2.75, 3.05) is 19.8 Å². The van der Waals surface area contributed by atoms with E-state index in [0.29, 0.717) is 19.8 Å². The molecule has 0 spiro atoms. The second-order valence-electron chi connectivity index (χ2n) is 6.62. The molecule has 3 nitrogen and oxygen atoms in total. The van der Waals surface area contributed by atoms with E-state index in [9.17, 15) is 4.79 Å². The summed E-state index contributed by atoms with van der Waals surface area (Å²) >= 11 is 0. The highest BCUT2D eigenvalue weighted by Gasteiger charge is 2.33. The lowest BCUT2D eigenvalue weighted by atomic mass is 9.79. The molecule has 1 aromatic carbocycles. The molecule has 3 heteroatoms. The molecular formula is C19H33NO2. The van der Waals surface area contributed by atoms with E-state index >= 15 is 0 Å². The van der Waals surface area contributed by atoms with Gasteiger partial charge in [0.15, 0.2) is 0 Å². The molecule has 0 aliphatic rings. The van der Waals surface area contributed by atoms with Crippen LogP contribution in [0, 0.1) is 12.3 Å². The van der Waals surface area contributed by atoms with E-state index in [0.717, 1.165) is 11.1 Å². The minimum Gasteiger partial charge on any atom is -0.379 e. The van der Waals surface area contributed by atoms with Gasteiger partial charge in [-0.2, -0.15) is 0 Å². The molecule has 0 aliphatic carbocycles. The van der Waals surface area contributed by atoms with Crippen LogP contribution < -0.4 is 5.73 Å². The monoisotopic (exact) mass is 307 g/mol. The summed E-state index contributed by atoms with van der Waals surface area (Å²) in [6, 6.07) is 8.06. The maximum Gasteiger partial charge on any atom is 0.142 e. The van der Waals surface area contributed by atoms with Crippen LogP contribution in [0.4, 0.5) is 0 Å². The van der Waals surface area contributed by atoms with Gasteiger partial charge in [0.25, 0.3) is 0 Å². The van der Waals surface area contributed by atoms with Crippen LogP contribution in [0.25, 0.3) is 0 Å². The number of carbonyl (C=O) groups excluding carboxylic acids is 1. The molecule has 0 saturated carbocycles. The van der Waals surface area contributed by atoms with Crippen molar-refractivity contribution in [2.24, 2.45) is 11.1 Å². The third-order valence-electron chi connectivity index (χ3n) is 3.87. The van der Waals surface area contributed by atoms with Gasteiger partial charge in [0.1, 0.15) is 5.78 Å². The highest BCUT2D eigenvalue weighted by Crippen LogP contribution is 2.27. The molecule has 1 aromatic rings. The van der Waals surface area contributed by atoms with Crippen molar-refractivity contribution in [3.8, 4) is 0 Å². The lowest BCUT2D eigenvalue weighted by molar-refractivity contribution is -0.124. The molecule has 2 N–H and O–H groups in total. The van der Waals surface area contributed by atoms with Gasteiger partial charge in [0.2, 0.25) is 0 Å². The van der Waals surface area contributed by atoms with Crippen LogP contribution in [0.1, 0.15) is 52.7 Å². The van der Waals surface area contributed by atoms with Gasteiger partial charge in [-0.15, -0.1) is 0 Å². The lowest BCUT2D eigenvalue weighted by Gasteiger charge is -2.30. The summed E-state index contributed by atoms with van der Waals surface area (Å²) in [5.41, 5.74) is 7.19. The number of carbonyl (C=O) groups is 1. The van der Waals surface area contributed by atoms with E-state index < -0.39 is 5.41 Å². The third kappa shape index (κ3) is 5.90. The molecule has 0 aliphatic heterocycles. The fourth-order valence-corrected chi connectivity index (χ4v) is 1.97. The number of rotatable bonds is 7. The molecule has 0 bridgehead atoms. The Labute approximate surface area is 136 Å². The first kappa shape index (κ1) is 20.8. The Kier molecular flexibility index (Phi) is 8.57. The zero-order valence-corrected chi connectivity index (χ0v) is 15.3. The average Bonchev–Trinajstić information content (AvgIpc) is 2.48. The number of ketones is 1. The van der Waals surface area contributed by atoms with Crippen LogP contribution in [-0.2, 0) is 14.9 Å². The summed E-state index contributed by atoms with van der Waals surface area (Å²) in [6.45, 7) is 15.2. The van der Waals surface area contributed by atoms with E-state index in [2.05, 4.69) is 19.9 Å². The molecule has 0 heterocycles. The first-order chi connectivity index (χ1) is 10.2. The predicted octanol–water partition coefficient (Wildman–Crippen LogP) is 3.87. The van der Waals surface area contributed by atoms with Crippen LogP contribution in [0.2, 0.25) is 0 Å². The molecule has 1 atom stereocenters. The third-order valence-corrected chi connectivity index (χ3v) is 3.87. The summed E-state index contributed by atoms with van der Waals surface area (Å²) in [7, 11) is 0. The smallest absolute Gasteiger partial charge is 0.142 e. The summed E-state index contributed by atoms with van der Waals surface area (Å²) in [6.07, 6.45) is 0. The van der Waals surface area contributed by atoms with Crippen LogP contribution in [-0.4, -0.2) is 25.5 Å². The van der Waals surface area contributed by atoms with Gasteiger partial charge >= 0.3 is 0 Å². The van der Waals surface area contributed by atoms with Crippen molar-refractivity contribution in [1.29, 1.82) is 0 Å². The largest absolute Gasteiger partial charge is 0.379 e. The summed E-state index contributed by atoms with van der Waals surface area (Å²) in [5.74, 6) is 0.119. The number of aryl methyl sites for hydroxylation is 1. The zero-order chi connectivity index (χ0) is 17.4. The second kappa shape index (κ2) is 9.06. The molecule has 0 radical (unpaired) electrons. The standard InChI is InChI=1S/C17H27NO2.C2H6/c1-13-7-6-8-15(9-13)17(5,14(2)19)12-20-11-16(3,4)10-18;1-2/h6-9H,10-12,18H2,1-5H3;1-2H3. The Bertz CT molecular complexity index is 468. The first-order valence-electron chi connectivity index (χ1n) is 8.07. The van der Waals surface area contributed by atoms with Gasteiger partial charge in [-0.25, -0.2) is 0 Å². The summed E-state index contributed by atoms with van der Waals surface area (Å²) in [5, 5.41) is 0. The first-order valence-corrected chi connectivity index (χ1v) is 8.07. The van der Waals surface area contributed by atoms with Crippen molar-refractivity contribution in [2.45, 2.75) is 53.9 Å². The molecule has 0 amide bonds. The average molecular weight is 307 g/mol. The predicted molar refractivity (Wildman–Crippen MR) is 94.2 cm³/mol. The molecule has 0 aromatic heterocycles. The summed E-state index contributed by atoms with van der Waals surface area (Å²) < 4.78 is 5.81. The van der Waals surface area contributed by atoms with Gasteiger partial charge in [-0.05, 0) is 32.9 Å². The molecular weight excluding hydrogens is 274 g/mol. The molecule has 0 saturated heterocycles. The van der Waals surface area contributed by atoms with E-state index in [4.69, 9.17) is 10.5 Å². The molecule has 1 rings (SSSR count). The van der Waals surface area contributed by atoms with Gasteiger partial charge in [-0.3, -0.25) is 4.79 Å². The lowest BCUT2D eigenvalue weighted by Crippen LogP contribution is -2.38. The topological polar surface area (TPSA) is 52.3 Å². The van der Waals surface area contributed by atoms with Gasteiger partial charge in [0, 0.05) is 5.41 Å². The Morgan fingerprint density at radius 1 is 1.18 bits per heavy atom. The van der Waals surface area contributed by atoms with Crippen molar-refractivity contribution in [3.63, 3.8) is 0 Å². The van der Waals surface area contributed by atoms with E-state index in [1.54, 1.807) is 6.92 Å². The van der Waals surface area contributed by atoms with E-state index in [1.165, 1.54) is 0 Å². The SMILES string of the molecule is CC.CC(=O)C(C)(COCC(C)(C)CN)c1cccc(C)c1. The van der Waals surface area contributed by atoms with Crippen molar-refractivity contribution in [1.82, 2.24) is 0 Å². The van der Waals surface area contributed by atoms with Crippen molar-refractivity contribution >= 4 is 5.78 Å². The Morgan fingerprint density at radius 3 is 2.23 bits per heavy atom. The molecule has 1 unspecified atom stereocenters. The Balaban J connectivity index is 0.00000211. The van der Waals surface area contributed by atoms with E-state index in [-0.39, 0.29) is 11.2 Å². The van der Waals surface area contributed by atoms with Crippen LogP contribution in [0.15, 0.2) is 24.3 Å². The molecule has 22 heavy (non-hydrogen) atoms. The number of Topliss-reactive ketones (excluding diaryl/α,β-unsaturated/α-hetero) is 1. The molecule has 126 valence electrons. The van der Waals surface area contributed by atoms with Crippen molar-refractivity contribution in [3.05, 3.63) is 35.4 Å². The maximum atomic E-state index is 12.1. The fourth-order valence-electron chi connectivity index (χ4n) is 1.97. The number of nitrogens with two attached hydrogens (primary N) is 1. The normalized spacial score (nSPS) is 13.8. The van der Waals surface area contributed by atoms with Gasteiger partial charge in [0.05, 0.1) is 18.6 Å². The molecule has 0 fully saturated rings. The zero-order valence-electron chi connectivity index (χ0n) is 15.3. The fraction of sp³-hybridized carbons (Fsp3) is 0.632. The quantitative estimate of drug-likeness (QED) is 0.832. The number of benzene rings is 1. The minimum atomic E-state index is -0.600. The number of ether oxygens (including phenoxy) is 1. The second-order valence-corrected chi connectivity index (χ2v) is 6.62. The summed E-state index contributed by atoms with van der Waals surface area (Å²) in [4.78, 5) is 12.1.